The number of likely N-dealkylation sites (tertiary alicyclic amines) is 1. The summed E-state index contributed by atoms with van der Waals surface area (Å²) in [6.45, 7) is 16.2. The summed E-state index contributed by atoms with van der Waals surface area (Å²) < 4.78 is 6.12. The summed E-state index contributed by atoms with van der Waals surface area (Å²) in [5, 5.41) is 2.08. The maximum Gasteiger partial charge on any atom is 0.121 e. The molecule has 2 N–H and O–H groups in total. The van der Waals surface area contributed by atoms with E-state index in [0.717, 1.165) is 42.8 Å². The van der Waals surface area contributed by atoms with Crippen molar-refractivity contribution >= 4 is 16.9 Å². The van der Waals surface area contributed by atoms with E-state index in [4.69, 9.17) is 10.5 Å². The number of nitrogens with zero attached hydrogens (tertiary/aromatic N) is 2. The Bertz CT molecular complexity index is 666. The normalized spacial score (nSPS) is 21.9. The molecule has 0 bridgehead atoms. The Morgan fingerprint density at radius 3 is 2.69 bits per heavy atom. The van der Waals surface area contributed by atoms with Crippen LogP contribution < -0.4 is 5.73 Å². The van der Waals surface area contributed by atoms with Gasteiger partial charge in [-0.2, -0.15) is 0 Å². The maximum absolute atomic E-state index is 6.66. The van der Waals surface area contributed by atoms with Gasteiger partial charge < -0.3 is 10.5 Å². The van der Waals surface area contributed by atoms with E-state index in [2.05, 4.69) is 48.8 Å². The van der Waals surface area contributed by atoms with Gasteiger partial charge in [0.15, 0.2) is 0 Å². The third kappa shape index (κ3) is 8.07. The van der Waals surface area contributed by atoms with Crippen molar-refractivity contribution < 1.29 is 4.74 Å². The molecule has 0 radical (unpaired) electrons. The lowest BCUT2D eigenvalue weighted by atomic mass is 9.88. The van der Waals surface area contributed by atoms with Gasteiger partial charge in [-0.05, 0) is 75.8 Å². The fourth-order valence-electron chi connectivity index (χ4n) is 3.59. The third-order valence-corrected chi connectivity index (χ3v) is 5.92. The highest BCUT2D eigenvalue weighted by Crippen LogP contribution is 2.29. The SMILES string of the molecule is C=C(C)/C(=C\C=C(/CC)c1cscn1)OCC(C)C[C@@]1(N)CCCCN1C.CC. The van der Waals surface area contributed by atoms with Gasteiger partial charge in [-0.1, -0.05) is 40.3 Å². The molecule has 1 aliphatic rings. The zero-order valence-corrected chi connectivity index (χ0v) is 20.1. The van der Waals surface area contributed by atoms with Crippen LogP contribution >= 0.6 is 11.3 Å². The van der Waals surface area contributed by atoms with Crippen LogP contribution in [0, 0.1) is 5.92 Å². The summed E-state index contributed by atoms with van der Waals surface area (Å²) in [7, 11) is 2.14. The van der Waals surface area contributed by atoms with Crippen molar-refractivity contribution in [2.24, 2.45) is 11.7 Å². The summed E-state index contributed by atoms with van der Waals surface area (Å²) in [6, 6.07) is 0. The number of piperidine rings is 1. The molecule has 164 valence electrons. The van der Waals surface area contributed by atoms with E-state index < -0.39 is 0 Å². The van der Waals surface area contributed by atoms with E-state index in [1.165, 1.54) is 18.4 Å². The molecule has 1 aromatic heterocycles. The molecule has 1 saturated heterocycles. The molecule has 1 aliphatic heterocycles. The van der Waals surface area contributed by atoms with Crippen molar-refractivity contribution in [1.82, 2.24) is 9.88 Å². The lowest BCUT2D eigenvalue weighted by Gasteiger charge is -2.43. The number of hydrogen-bond acceptors (Lipinski definition) is 5. The molecular weight excluding hydrogens is 378 g/mol. The predicted octanol–water partition coefficient (Wildman–Crippen LogP) is 6.24. The first-order valence-electron chi connectivity index (χ1n) is 10.9. The first-order chi connectivity index (χ1) is 13.9. The van der Waals surface area contributed by atoms with Gasteiger partial charge in [0, 0.05) is 5.38 Å². The molecule has 29 heavy (non-hydrogen) atoms. The number of thiazole rings is 1. The van der Waals surface area contributed by atoms with Crippen molar-refractivity contribution in [1.29, 1.82) is 0 Å². The largest absolute Gasteiger partial charge is 0.493 e. The number of aromatic nitrogens is 1. The molecule has 1 unspecified atom stereocenters. The summed E-state index contributed by atoms with van der Waals surface area (Å²) in [4.78, 5) is 6.72. The van der Waals surface area contributed by atoms with E-state index in [1.54, 1.807) is 11.3 Å². The Balaban J connectivity index is 0.00000204. The lowest BCUT2D eigenvalue weighted by Crippen LogP contribution is -2.57. The van der Waals surface area contributed by atoms with E-state index in [-0.39, 0.29) is 5.66 Å². The number of rotatable bonds is 9. The van der Waals surface area contributed by atoms with Gasteiger partial charge in [0.2, 0.25) is 0 Å². The fourth-order valence-corrected chi connectivity index (χ4v) is 4.17. The molecule has 0 saturated carbocycles. The van der Waals surface area contributed by atoms with Crippen LogP contribution in [-0.2, 0) is 4.74 Å². The Labute approximate surface area is 182 Å². The Kier molecular flexibility index (Phi) is 11.5. The van der Waals surface area contributed by atoms with Gasteiger partial charge in [-0.15, -0.1) is 11.3 Å². The smallest absolute Gasteiger partial charge is 0.121 e. The number of nitrogens with two attached hydrogens (primary N) is 1. The highest BCUT2D eigenvalue weighted by atomic mass is 32.1. The van der Waals surface area contributed by atoms with Crippen LogP contribution in [0.25, 0.3) is 5.57 Å². The molecule has 2 heterocycles. The second-order valence-corrected chi connectivity index (χ2v) is 8.55. The molecule has 1 aromatic rings. The summed E-state index contributed by atoms with van der Waals surface area (Å²) in [6.07, 6.45) is 9.53. The van der Waals surface area contributed by atoms with Crippen molar-refractivity contribution in [3.8, 4) is 0 Å². The number of hydrogen-bond donors (Lipinski definition) is 1. The van der Waals surface area contributed by atoms with Gasteiger partial charge in [0.05, 0.1) is 23.5 Å². The molecule has 2 rings (SSSR count). The highest BCUT2D eigenvalue weighted by Gasteiger charge is 2.33. The van der Waals surface area contributed by atoms with Crippen LogP contribution in [0.5, 0.6) is 0 Å². The summed E-state index contributed by atoms with van der Waals surface area (Å²) in [5.41, 5.74) is 11.5. The van der Waals surface area contributed by atoms with E-state index in [1.807, 2.05) is 32.4 Å². The average molecular weight is 420 g/mol. The number of allylic oxidation sites excluding steroid dienone is 4. The molecule has 0 aliphatic carbocycles. The highest BCUT2D eigenvalue weighted by molar-refractivity contribution is 7.07. The second-order valence-electron chi connectivity index (χ2n) is 7.83. The molecule has 0 amide bonds. The van der Waals surface area contributed by atoms with Crippen LogP contribution in [0.15, 0.2) is 41.0 Å². The zero-order valence-electron chi connectivity index (χ0n) is 19.3. The van der Waals surface area contributed by atoms with E-state index >= 15 is 0 Å². The van der Waals surface area contributed by atoms with Crippen LogP contribution in [-0.4, -0.2) is 35.7 Å². The first-order valence-corrected chi connectivity index (χ1v) is 11.9. The van der Waals surface area contributed by atoms with E-state index in [0.29, 0.717) is 12.5 Å². The molecule has 5 heteroatoms. The number of ether oxygens (including phenoxy) is 1. The monoisotopic (exact) mass is 419 g/mol. The third-order valence-electron chi connectivity index (χ3n) is 5.34. The van der Waals surface area contributed by atoms with E-state index in [9.17, 15) is 0 Å². The molecule has 0 spiro atoms. The standard InChI is InChI=1S/C22H35N3OS.C2H6/c1-6-19(20-15-27-16-24-20)9-10-21(17(2)3)26-14-18(4)13-22(23)11-7-8-12-25(22)5;1-2/h9-10,15-16,18H,2,6-8,11-14,23H2,1,3-5H3;1-2H3/b19-9+,21-10+;/t18?,22-;/m1./s1. The van der Waals surface area contributed by atoms with Crippen LogP contribution in [0.1, 0.15) is 72.4 Å². The van der Waals surface area contributed by atoms with Crippen LogP contribution in [0.3, 0.4) is 0 Å². The van der Waals surface area contributed by atoms with Gasteiger partial charge >= 0.3 is 0 Å². The predicted molar refractivity (Wildman–Crippen MR) is 128 cm³/mol. The topological polar surface area (TPSA) is 51.4 Å². The van der Waals surface area contributed by atoms with Crippen molar-refractivity contribution in [3.63, 3.8) is 0 Å². The quantitative estimate of drug-likeness (QED) is 0.380. The van der Waals surface area contributed by atoms with Crippen molar-refractivity contribution in [3.05, 3.63) is 46.6 Å². The van der Waals surface area contributed by atoms with Gasteiger partial charge in [-0.25, -0.2) is 4.98 Å². The maximum atomic E-state index is 6.66. The fraction of sp³-hybridized carbons (Fsp3) is 0.625. The van der Waals surface area contributed by atoms with Gasteiger partial charge in [0.1, 0.15) is 5.76 Å². The molecule has 2 atom stereocenters. The van der Waals surface area contributed by atoms with Gasteiger partial charge in [-0.3, -0.25) is 4.90 Å². The lowest BCUT2D eigenvalue weighted by molar-refractivity contribution is 0.0422. The molecule has 1 fully saturated rings. The summed E-state index contributed by atoms with van der Waals surface area (Å²) >= 11 is 1.62. The minimum atomic E-state index is -0.200. The Hall–Kier alpha value is -1.43. The van der Waals surface area contributed by atoms with Gasteiger partial charge in [0.25, 0.3) is 0 Å². The van der Waals surface area contributed by atoms with Crippen molar-refractivity contribution in [2.45, 2.75) is 72.4 Å². The Morgan fingerprint density at radius 1 is 1.41 bits per heavy atom. The van der Waals surface area contributed by atoms with Crippen LogP contribution in [0.2, 0.25) is 0 Å². The average Bonchev–Trinajstić information content (AvgIpc) is 3.23. The van der Waals surface area contributed by atoms with Crippen molar-refractivity contribution in [2.75, 3.05) is 20.2 Å². The molecule has 4 nitrogen and oxygen atoms in total. The van der Waals surface area contributed by atoms with Crippen LogP contribution in [0.4, 0.5) is 0 Å². The minimum Gasteiger partial charge on any atom is -0.493 e. The molecule has 0 aromatic carbocycles. The minimum absolute atomic E-state index is 0.200. The first kappa shape index (κ1) is 25.6. The molecular formula is C24H41N3OS. The zero-order chi connectivity index (χ0) is 21.9. The summed E-state index contributed by atoms with van der Waals surface area (Å²) in [5.74, 6) is 1.22. The Morgan fingerprint density at radius 2 is 2.14 bits per heavy atom. The second kappa shape index (κ2) is 13.0.